The molecule has 2 unspecified atom stereocenters. The van der Waals surface area contributed by atoms with Crippen molar-refractivity contribution in [2.24, 2.45) is 5.92 Å². The average molecular weight is 459 g/mol. The molecule has 2 atom stereocenters. The van der Waals surface area contributed by atoms with E-state index in [0.717, 1.165) is 51.9 Å². The van der Waals surface area contributed by atoms with Crippen LogP contribution in [-0.4, -0.2) is 64.1 Å². The van der Waals surface area contributed by atoms with Gasteiger partial charge in [-0.25, -0.2) is 0 Å². The van der Waals surface area contributed by atoms with E-state index in [2.05, 4.69) is 29.7 Å². The molecule has 2 fully saturated rings. The summed E-state index contributed by atoms with van der Waals surface area (Å²) in [5, 5.41) is 18.8. The maximum Gasteiger partial charge on any atom is 0.303 e. The molecule has 1 heterocycles. The second kappa shape index (κ2) is 11.9. The number of carboxylic acids is 1. The minimum absolute atomic E-state index is 0.0590. The summed E-state index contributed by atoms with van der Waals surface area (Å²) in [5.74, 6) is 0.106. The highest BCUT2D eigenvalue weighted by molar-refractivity contribution is 5.77. The first-order chi connectivity index (χ1) is 15.8. The summed E-state index contributed by atoms with van der Waals surface area (Å²) in [6, 6.07) is 8.02. The van der Waals surface area contributed by atoms with Gasteiger partial charge in [0.25, 0.3) is 0 Å². The molecule has 2 N–H and O–H groups in total. The van der Waals surface area contributed by atoms with Gasteiger partial charge in [-0.2, -0.15) is 0 Å². The summed E-state index contributed by atoms with van der Waals surface area (Å²) >= 11 is 0. The molecule has 0 spiro atoms. The number of amides is 1. The van der Waals surface area contributed by atoms with Crippen LogP contribution < -0.4 is 0 Å². The lowest BCUT2D eigenvalue weighted by atomic mass is 9.68. The molecule has 1 saturated heterocycles. The predicted octanol–water partition coefficient (Wildman–Crippen LogP) is 4.80. The third-order valence-electron chi connectivity index (χ3n) is 8.06. The van der Waals surface area contributed by atoms with Gasteiger partial charge < -0.3 is 20.0 Å². The van der Waals surface area contributed by atoms with E-state index < -0.39 is 5.97 Å². The molecule has 33 heavy (non-hydrogen) atoms. The number of piperidine rings is 1. The first-order valence-electron chi connectivity index (χ1n) is 12.8. The summed E-state index contributed by atoms with van der Waals surface area (Å²) in [6.45, 7) is 8.40. The zero-order chi connectivity index (χ0) is 23.8. The van der Waals surface area contributed by atoms with Crippen molar-refractivity contribution in [1.29, 1.82) is 0 Å². The predicted molar refractivity (Wildman–Crippen MR) is 130 cm³/mol. The second-order valence-electron chi connectivity index (χ2n) is 10.4. The number of carboxylic acid groups (broad SMARTS) is 1. The highest BCUT2D eigenvalue weighted by Crippen LogP contribution is 2.40. The van der Waals surface area contributed by atoms with Crippen LogP contribution in [0.1, 0.15) is 83.6 Å². The fourth-order valence-electron chi connectivity index (χ4n) is 5.71. The maximum atomic E-state index is 12.9. The fraction of sp³-hybridized carbons (Fsp3) is 0.704. The molecular weight excluding hydrogens is 416 g/mol. The van der Waals surface area contributed by atoms with Gasteiger partial charge in [-0.05, 0) is 74.2 Å². The molecule has 1 aromatic rings. The number of rotatable bonds is 10. The Bertz CT molecular complexity index is 792. The van der Waals surface area contributed by atoms with Crippen LogP contribution in [0.15, 0.2) is 24.3 Å². The fourth-order valence-corrected chi connectivity index (χ4v) is 5.71. The summed E-state index contributed by atoms with van der Waals surface area (Å²) in [4.78, 5) is 28.4. The van der Waals surface area contributed by atoms with Crippen molar-refractivity contribution in [3.05, 3.63) is 29.8 Å². The number of aliphatic carboxylic acids is 1. The Morgan fingerprint density at radius 1 is 1.15 bits per heavy atom. The van der Waals surface area contributed by atoms with E-state index >= 15 is 0 Å². The van der Waals surface area contributed by atoms with Crippen molar-refractivity contribution >= 4 is 11.9 Å². The van der Waals surface area contributed by atoms with Crippen molar-refractivity contribution in [1.82, 2.24) is 9.80 Å². The largest absolute Gasteiger partial charge is 0.508 e. The van der Waals surface area contributed by atoms with Crippen molar-refractivity contribution in [3.8, 4) is 5.75 Å². The minimum Gasteiger partial charge on any atom is -0.508 e. The van der Waals surface area contributed by atoms with Gasteiger partial charge in [0.15, 0.2) is 0 Å². The topological polar surface area (TPSA) is 81.1 Å². The number of aromatic hydroxyl groups is 1. The SMILES string of the molecule is CC1CN(CCCN(C(=O)CCCC(=O)O)C2CCCCC2)CCC1(C)c1cccc(O)c1. The Hall–Kier alpha value is -2.08. The number of hydrogen-bond acceptors (Lipinski definition) is 4. The summed E-state index contributed by atoms with van der Waals surface area (Å²) in [6.07, 6.45) is 8.60. The molecule has 0 bridgehead atoms. The van der Waals surface area contributed by atoms with E-state index in [4.69, 9.17) is 5.11 Å². The number of nitrogens with zero attached hydrogens (tertiary/aromatic N) is 2. The van der Waals surface area contributed by atoms with Gasteiger partial charge in [0.1, 0.15) is 5.75 Å². The number of phenols is 1. The van der Waals surface area contributed by atoms with Gasteiger partial charge in [-0.1, -0.05) is 45.2 Å². The van der Waals surface area contributed by atoms with Gasteiger partial charge >= 0.3 is 5.97 Å². The van der Waals surface area contributed by atoms with Crippen LogP contribution >= 0.6 is 0 Å². The maximum absolute atomic E-state index is 12.9. The molecule has 0 aromatic heterocycles. The van der Waals surface area contributed by atoms with Crippen molar-refractivity contribution in [2.75, 3.05) is 26.2 Å². The zero-order valence-corrected chi connectivity index (χ0v) is 20.5. The standard InChI is InChI=1S/C27H42N2O4/c1-21-20-28(18-15-27(21,2)22-9-6-12-24(30)19-22)16-8-17-29(23-10-4-3-5-11-23)25(31)13-7-14-26(32)33/h6,9,12,19,21,23,30H,3-5,7-8,10-11,13-18,20H2,1-2H3,(H,32,33). The molecule has 0 radical (unpaired) electrons. The lowest BCUT2D eigenvalue weighted by Gasteiger charge is -2.45. The van der Waals surface area contributed by atoms with E-state index in [-0.39, 0.29) is 17.7 Å². The zero-order valence-electron chi connectivity index (χ0n) is 20.5. The van der Waals surface area contributed by atoms with E-state index in [1.165, 1.54) is 24.8 Å². The minimum atomic E-state index is -0.830. The molecule has 6 nitrogen and oxygen atoms in total. The van der Waals surface area contributed by atoms with Gasteiger partial charge in [0.05, 0.1) is 0 Å². The molecule has 6 heteroatoms. The molecule has 1 aromatic carbocycles. The third-order valence-corrected chi connectivity index (χ3v) is 8.06. The lowest BCUT2D eigenvalue weighted by molar-refractivity contribution is -0.137. The van der Waals surface area contributed by atoms with E-state index in [9.17, 15) is 14.7 Å². The number of likely N-dealkylation sites (tertiary alicyclic amines) is 1. The molecule has 184 valence electrons. The highest BCUT2D eigenvalue weighted by atomic mass is 16.4. The Balaban J connectivity index is 1.52. The molecular formula is C27H42N2O4. The highest BCUT2D eigenvalue weighted by Gasteiger charge is 2.38. The van der Waals surface area contributed by atoms with Gasteiger partial charge in [0, 0.05) is 32.0 Å². The average Bonchev–Trinajstić information content (AvgIpc) is 2.79. The van der Waals surface area contributed by atoms with Crippen LogP contribution in [0.25, 0.3) is 0 Å². The lowest BCUT2D eigenvalue weighted by Crippen LogP contribution is -2.48. The number of benzene rings is 1. The van der Waals surface area contributed by atoms with Crippen molar-refractivity contribution < 1.29 is 19.8 Å². The van der Waals surface area contributed by atoms with E-state index in [1.54, 1.807) is 6.07 Å². The van der Waals surface area contributed by atoms with E-state index in [0.29, 0.717) is 30.6 Å². The van der Waals surface area contributed by atoms with Gasteiger partial charge in [-0.15, -0.1) is 0 Å². The number of carbonyl (C=O) groups is 2. The molecule has 1 saturated carbocycles. The van der Waals surface area contributed by atoms with Crippen molar-refractivity contribution in [2.45, 2.75) is 89.5 Å². The smallest absolute Gasteiger partial charge is 0.303 e. The molecule has 1 aliphatic heterocycles. The van der Waals surface area contributed by atoms with Crippen LogP contribution in [-0.2, 0) is 15.0 Å². The van der Waals surface area contributed by atoms with E-state index in [1.807, 2.05) is 12.1 Å². The first kappa shape index (κ1) is 25.5. The first-order valence-corrected chi connectivity index (χ1v) is 12.8. The Kier molecular flexibility index (Phi) is 9.19. The van der Waals surface area contributed by atoms with Crippen LogP contribution in [0.4, 0.5) is 0 Å². The Morgan fingerprint density at radius 2 is 1.91 bits per heavy atom. The number of hydrogen-bond donors (Lipinski definition) is 2. The second-order valence-corrected chi connectivity index (χ2v) is 10.4. The Labute approximate surface area is 199 Å². The quantitative estimate of drug-likeness (QED) is 0.526. The third kappa shape index (κ3) is 6.95. The molecule has 3 rings (SSSR count). The van der Waals surface area contributed by atoms with Crippen LogP contribution in [0, 0.1) is 5.92 Å². The van der Waals surface area contributed by atoms with Crippen molar-refractivity contribution in [3.63, 3.8) is 0 Å². The monoisotopic (exact) mass is 458 g/mol. The normalized spacial score (nSPS) is 24.5. The summed E-state index contributed by atoms with van der Waals surface area (Å²) in [5.41, 5.74) is 1.27. The van der Waals surface area contributed by atoms with Crippen LogP contribution in [0.3, 0.4) is 0 Å². The molecule has 1 aliphatic carbocycles. The number of phenolic OH excluding ortho intramolecular Hbond substituents is 1. The van der Waals surface area contributed by atoms with Gasteiger partial charge in [0.2, 0.25) is 5.91 Å². The molecule has 2 aliphatic rings. The van der Waals surface area contributed by atoms with Crippen LogP contribution in [0.2, 0.25) is 0 Å². The molecule has 1 amide bonds. The Morgan fingerprint density at radius 3 is 2.58 bits per heavy atom. The van der Waals surface area contributed by atoms with Crippen LogP contribution in [0.5, 0.6) is 5.75 Å². The summed E-state index contributed by atoms with van der Waals surface area (Å²) in [7, 11) is 0. The summed E-state index contributed by atoms with van der Waals surface area (Å²) < 4.78 is 0. The number of carbonyl (C=O) groups excluding carboxylic acids is 1. The van der Waals surface area contributed by atoms with Gasteiger partial charge in [-0.3, -0.25) is 9.59 Å².